The van der Waals surface area contributed by atoms with Crippen molar-refractivity contribution in [3.8, 4) is 0 Å². The van der Waals surface area contributed by atoms with Crippen LogP contribution in [0.15, 0.2) is 0 Å². The predicted molar refractivity (Wildman–Crippen MR) is 47.0 cm³/mol. The Bertz CT molecular complexity index is 81.6. The average molecular weight is 224 g/mol. The molecule has 11 heavy (non-hydrogen) atoms. The van der Waals surface area contributed by atoms with Gasteiger partial charge in [0.2, 0.25) is 0 Å². The van der Waals surface area contributed by atoms with E-state index in [1.807, 2.05) is 0 Å². The van der Waals surface area contributed by atoms with Gasteiger partial charge in [0.15, 0.2) is 0 Å². The van der Waals surface area contributed by atoms with Crippen LogP contribution in [0.25, 0.3) is 0 Å². The van der Waals surface area contributed by atoms with Gasteiger partial charge < -0.3 is 21.5 Å². The van der Waals surface area contributed by atoms with Crippen LogP contribution < -0.4 is 17.0 Å². The van der Waals surface area contributed by atoms with Crippen LogP contribution in [0.1, 0.15) is 33.1 Å². The molecule has 0 amide bonds. The molecular formula is C9H22BrN. The summed E-state index contributed by atoms with van der Waals surface area (Å²) in [5.41, 5.74) is 0. The highest BCUT2D eigenvalue weighted by Gasteiger charge is 2.09. The normalized spacial score (nSPS) is 10.9. The second-order valence-electron chi connectivity index (χ2n) is 3.68. The van der Waals surface area contributed by atoms with Gasteiger partial charge in [-0.3, -0.25) is 0 Å². The Morgan fingerprint density at radius 1 is 1.00 bits per heavy atom. The molecule has 70 valence electrons. The minimum absolute atomic E-state index is 0. The van der Waals surface area contributed by atoms with Gasteiger partial charge in [0.05, 0.1) is 27.2 Å². The van der Waals surface area contributed by atoms with Crippen LogP contribution in [0, 0.1) is 0 Å². The third-order valence-corrected chi connectivity index (χ3v) is 2.22. The van der Waals surface area contributed by atoms with Crippen molar-refractivity contribution < 1.29 is 21.5 Å². The Morgan fingerprint density at radius 2 is 1.55 bits per heavy atom. The molecule has 0 saturated heterocycles. The molecule has 0 N–H and O–H groups in total. The molecule has 0 unspecified atom stereocenters. The van der Waals surface area contributed by atoms with Crippen LogP contribution in [-0.2, 0) is 0 Å². The Labute approximate surface area is 82.1 Å². The van der Waals surface area contributed by atoms with Crippen LogP contribution in [0.3, 0.4) is 0 Å². The number of hydrogen-bond acceptors (Lipinski definition) is 0. The summed E-state index contributed by atoms with van der Waals surface area (Å²) in [5.74, 6) is 0. The van der Waals surface area contributed by atoms with E-state index in [4.69, 9.17) is 0 Å². The Hall–Kier alpha value is 0.440. The molecule has 1 nitrogen and oxygen atoms in total. The van der Waals surface area contributed by atoms with Gasteiger partial charge in [-0.05, 0) is 19.8 Å². The summed E-state index contributed by atoms with van der Waals surface area (Å²) in [6, 6.07) is 0. The highest BCUT2D eigenvalue weighted by molar-refractivity contribution is 4.36. The largest absolute Gasteiger partial charge is 1.00 e. The zero-order valence-corrected chi connectivity index (χ0v) is 9.95. The van der Waals surface area contributed by atoms with E-state index in [9.17, 15) is 0 Å². The molecule has 2 heteroatoms. The van der Waals surface area contributed by atoms with E-state index in [-0.39, 0.29) is 17.0 Å². The number of hydrogen-bond donors (Lipinski definition) is 0. The van der Waals surface area contributed by atoms with Gasteiger partial charge in [-0.25, -0.2) is 0 Å². The smallest absolute Gasteiger partial charge is 0.0782 e. The van der Waals surface area contributed by atoms with Gasteiger partial charge in [-0.1, -0.05) is 13.3 Å². The molecule has 0 radical (unpaired) electrons. The summed E-state index contributed by atoms with van der Waals surface area (Å²) >= 11 is 0. The van der Waals surface area contributed by atoms with Crippen molar-refractivity contribution in [1.29, 1.82) is 0 Å². The maximum atomic E-state index is 2.30. The Kier molecular flexibility index (Phi) is 9.04. The maximum absolute atomic E-state index is 2.30. The lowest BCUT2D eigenvalue weighted by Gasteiger charge is -2.27. The number of quaternary nitrogens is 1. The SMILES string of the molecule is CCCCC[N+](C)(C)CC.[Br-]. The second kappa shape index (κ2) is 7.11. The molecule has 0 aliphatic carbocycles. The molecule has 0 spiro atoms. The molecule has 0 aromatic rings. The fourth-order valence-corrected chi connectivity index (χ4v) is 0.948. The van der Waals surface area contributed by atoms with E-state index < -0.39 is 0 Å². The van der Waals surface area contributed by atoms with Crippen LogP contribution >= 0.6 is 0 Å². The van der Waals surface area contributed by atoms with E-state index in [1.165, 1.54) is 36.8 Å². The first-order valence-corrected chi connectivity index (χ1v) is 4.44. The Balaban J connectivity index is 0. The lowest BCUT2D eigenvalue weighted by Crippen LogP contribution is -3.00. The quantitative estimate of drug-likeness (QED) is 0.427. The predicted octanol–water partition coefficient (Wildman–Crippen LogP) is -0.723. The summed E-state index contributed by atoms with van der Waals surface area (Å²) in [7, 11) is 4.60. The first kappa shape index (κ1) is 14.0. The van der Waals surface area contributed by atoms with Gasteiger partial charge >= 0.3 is 0 Å². The highest BCUT2D eigenvalue weighted by atomic mass is 79.9. The molecule has 0 heterocycles. The van der Waals surface area contributed by atoms with Crippen molar-refractivity contribution in [2.24, 2.45) is 0 Å². The van der Waals surface area contributed by atoms with Crippen molar-refractivity contribution in [3.63, 3.8) is 0 Å². The molecule has 0 aromatic carbocycles. The third-order valence-electron chi connectivity index (χ3n) is 2.22. The van der Waals surface area contributed by atoms with E-state index in [1.54, 1.807) is 0 Å². The minimum atomic E-state index is 0. The zero-order chi connectivity index (χ0) is 8.04. The van der Waals surface area contributed by atoms with Gasteiger partial charge in [-0.15, -0.1) is 0 Å². The van der Waals surface area contributed by atoms with Crippen molar-refractivity contribution in [3.05, 3.63) is 0 Å². The summed E-state index contributed by atoms with van der Waals surface area (Å²) in [5, 5.41) is 0. The lowest BCUT2D eigenvalue weighted by molar-refractivity contribution is -0.888. The maximum Gasteiger partial charge on any atom is 0.0782 e. The van der Waals surface area contributed by atoms with Gasteiger partial charge in [0.1, 0.15) is 0 Å². The Morgan fingerprint density at radius 3 is 1.91 bits per heavy atom. The third kappa shape index (κ3) is 8.35. The van der Waals surface area contributed by atoms with E-state index >= 15 is 0 Å². The molecule has 0 fully saturated rings. The van der Waals surface area contributed by atoms with Gasteiger partial charge in [-0.2, -0.15) is 0 Å². The van der Waals surface area contributed by atoms with Crippen molar-refractivity contribution in [1.82, 2.24) is 0 Å². The van der Waals surface area contributed by atoms with Crippen LogP contribution in [0.2, 0.25) is 0 Å². The number of unbranched alkanes of at least 4 members (excludes halogenated alkanes) is 2. The first-order valence-electron chi connectivity index (χ1n) is 4.44. The summed E-state index contributed by atoms with van der Waals surface area (Å²) < 4.78 is 1.18. The van der Waals surface area contributed by atoms with Crippen molar-refractivity contribution in [2.75, 3.05) is 27.2 Å². The first-order chi connectivity index (χ1) is 4.62. The number of rotatable bonds is 5. The second-order valence-corrected chi connectivity index (χ2v) is 3.68. The molecule has 0 aliphatic rings. The molecule has 0 saturated carbocycles. The monoisotopic (exact) mass is 223 g/mol. The van der Waals surface area contributed by atoms with Crippen LogP contribution in [0.5, 0.6) is 0 Å². The van der Waals surface area contributed by atoms with E-state index in [0.717, 1.165) is 0 Å². The summed E-state index contributed by atoms with van der Waals surface area (Å²) in [6.07, 6.45) is 4.11. The molecule has 0 aliphatic heterocycles. The van der Waals surface area contributed by atoms with Gasteiger partial charge in [0, 0.05) is 0 Å². The molecule has 0 atom stereocenters. The fourth-order valence-electron chi connectivity index (χ4n) is 0.948. The molecule has 0 bridgehead atoms. The van der Waals surface area contributed by atoms with Crippen molar-refractivity contribution in [2.45, 2.75) is 33.1 Å². The number of halogens is 1. The molecule has 0 rings (SSSR count). The van der Waals surface area contributed by atoms with Crippen LogP contribution in [-0.4, -0.2) is 31.7 Å². The van der Waals surface area contributed by atoms with E-state index in [2.05, 4.69) is 27.9 Å². The minimum Gasteiger partial charge on any atom is -1.00 e. The van der Waals surface area contributed by atoms with E-state index in [0.29, 0.717) is 0 Å². The zero-order valence-electron chi connectivity index (χ0n) is 8.36. The number of nitrogens with zero attached hydrogens (tertiary/aromatic N) is 1. The molecular weight excluding hydrogens is 202 g/mol. The lowest BCUT2D eigenvalue weighted by atomic mass is 10.2. The summed E-state index contributed by atoms with van der Waals surface area (Å²) in [4.78, 5) is 0. The molecule has 0 aromatic heterocycles. The highest BCUT2D eigenvalue weighted by Crippen LogP contribution is 2.02. The summed E-state index contributed by atoms with van der Waals surface area (Å²) in [6.45, 7) is 7.10. The topological polar surface area (TPSA) is 0 Å². The standard InChI is InChI=1S/C9H22N.BrH/c1-5-7-8-9-10(3,4)6-2;/h5-9H2,1-4H3;1H/q+1;/p-1. The van der Waals surface area contributed by atoms with Gasteiger partial charge in [0.25, 0.3) is 0 Å². The van der Waals surface area contributed by atoms with Crippen molar-refractivity contribution >= 4 is 0 Å². The fraction of sp³-hybridized carbons (Fsp3) is 1.00. The average Bonchev–Trinajstić information content (AvgIpc) is 1.89. The van der Waals surface area contributed by atoms with Crippen LogP contribution in [0.4, 0.5) is 0 Å².